The van der Waals surface area contributed by atoms with E-state index in [2.05, 4.69) is 25.8 Å². The molecule has 0 aliphatic rings. The van der Waals surface area contributed by atoms with Crippen LogP contribution < -0.4 is 5.73 Å². The van der Waals surface area contributed by atoms with E-state index in [1.54, 1.807) is 11.3 Å². The molecule has 92 valence electrons. The van der Waals surface area contributed by atoms with Crippen LogP contribution in [0.4, 0.5) is 0 Å². The van der Waals surface area contributed by atoms with E-state index in [0.717, 1.165) is 30.2 Å². The van der Waals surface area contributed by atoms with Crippen molar-refractivity contribution in [3.05, 3.63) is 15.6 Å². The summed E-state index contributed by atoms with van der Waals surface area (Å²) in [5.74, 6) is 0.622. The number of ether oxygens (including phenoxy) is 1. The summed E-state index contributed by atoms with van der Waals surface area (Å²) in [5.41, 5.74) is 6.89. The minimum atomic E-state index is 0.591. The molecule has 0 aliphatic carbocycles. The predicted octanol–water partition coefficient (Wildman–Crippen LogP) is 2.73. The Kier molecular flexibility index (Phi) is 5.95. The zero-order chi connectivity index (χ0) is 12.0. The minimum Gasteiger partial charge on any atom is -0.374 e. The van der Waals surface area contributed by atoms with E-state index in [-0.39, 0.29) is 0 Å². The van der Waals surface area contributed by atoms with Crippen LogP contribution in [-0.4, -0.2) is 11.6 Å². The van der Waals surface area contributed by atoms with Crippen LogP contribution in [0.5, 0.6) is 0 Å². The van der Waals surface area contributed by atoms with Gasteiger partial charge in [-0.15, -0.1) is 11.3 Å². The van der Waals surface area contributed by atoms with Crippen molar-refractivity contribution in [1.82, 2.24) is 4.98 Å². The smallest absolute Gasteiger partial charge is 0.119 e. The van der Waals surface area contributed by atoms with Crippen molar-refractivity contribution in [3.63, 3.8) is 0 Å². The summed E-state index contributed by atoms with van der Waals surface area (Å²) >= 11 is 1.69. The second-order valence-electron chi connectivity index (χ2n) is 4.33. The second kappa shape index (κ2) is 6.99. The van der Waals surface area contributed by atoms with Crippen LogP contribution in [0.15, 0.2) is 0 Å². The number of nitrogens with two attached hydrogens (primary N) is 1. The number of rotatable bonds is 7. The highest BCUT2D eigenvalue weighted by Gasteiger charge is 2.11. The average Bonchev–Trinajstić information content (AvgIpc) is 2.60. The van der Waals surface area contributed by atoms with Crippen LogP contribution in [-0.2, 0) is 24.3 Å². The molecule has 4 heteroatoms. The zero-order valence-electron chi connectivity index (χ0n) is 10.5. The molecule has 1 aromatic heterocycles. The fourth-order valence-corrected chi connectivity index (χ4v) is 2.42. The lowest BCUT2D eigenvalue weighted by atomic mass is 10.1. The lowest BCUT2D eigenvalue weighted by Crippen LogP contribution is -2.02. The highest BCUT2D eigenvalue weighted by Crippen LogP contribution is 2.21. The van der Waals surface area contributed by atoms with E-state index in [0.29, 0.717) is 19.1 Å². The average molecular weight is 242 g/mol. The predicted molar refractivity (Wildman–Crippen MR) is 68.5 cm³/mol. The molecule has 0 atom stereocenters. The van der Waals surface area contributed by atoms with E-state index in [9.17, 15) is 0 Å². The van der Waals surface area contributed by atoms with Gasteiger partial charge in [-0.3, -0.25) is 0 Å². The molecule has 0 amide bonds. The van der Waals surface area contributed by atoms with Gasteiger partial charge >= 0.3 is 0 Å². The van der Waals surface area contributed by atoms with Gasteiger partial charge in [0.05, 0.1) is 12.3 Å². The molecule has 0 aromatic carbocycles. The third kappa shape index (κ3) is 4.20. The van der Waals surface area contributed by atoms with Crippen molar-refractivity contribution in [3.8, 4) is 0 Å². The van der Waals surface area contributed by atoms with E-state index < -0.39 is 0 Å². The van der Waals surface area contributed by atoms with Gasteiger partial charge in [0.15, 0.2) is 0 Å². The highest BCUT2D eigenvalue weighted by molar-refractivity contribution is 7.11. The van der Waals surface area contributed by atoms with E-state index in [1.807, 2.05) is 0 Å². The van der Waals surface area contributed by atoms with Gasteiger partial charge in [-0.1, -0.05) is 20.8 Å². The Balaban J connectivity index is 2.62. The van der Waals surface area contributed by atoms with Crippen molar-refractivity contribution >= 4 is 11.3 Å². The Morgan fingerprint density at radius 1 is 1.44 bits per heavy atom. The summed E-state index contributed by atoms with van der Waals surface area (Å²) in [6.45, 7) is 8.53. The number of thiazole rings is 1. The number of hydrogen-bond acceptors (Lipinski definition) is 4. The van der Waals surface area contributed by atoms with Gasteiger partial charge in [0, 0.05) is 18.0 Å². The summed E-state index contributed by atoms with van der Waals surface area (Å²) in [5, 5.41) is 1.06. The summed E-state index contributed by atoms with van der Waals surface area (Å²) in [7, 11) is 0. The lowest BCUT2D eigenvalue weighted by molar-refractivity contribution is 0.121. The second-order valence-corrected chi connectivity index (χ2v) is 5.50. The molecule has 2 N–H and O–H groups in total. The molecule has 1 aromatic rings. The molecule has 0 spiro atoms. The normalized spacial score (nSPS) is 11.3. The first-order valence-electron chi connectivity index (χ1n) is 5.92. The minimum absolute atomic E-state index is 0.591. The first kappa shape index (κ1) is 13.6. The fourth-order valence-electron chi connectivity index (χ4n) is 1.51. The molecule has 0 radical (unpaired) electrons. The summed E-state index contributed by atoms with van der Waals surface area (Å²) in [4.78, 5) is 5.82. The first-order chi connectivity index (χ1) is 7.67. The Morgan fingerprint density at radius 2 is 2.19 bits per heavy atom. The maximum Gasteiger partial charge on any atom is 0.119 e. The van der Waals surface area contributed by atoms with Crippen molar-refractivity contribution in [2.45, 2.75) is 46.8 Å². The van der Waals surface area contributed by atoms with Crippen LogP contribution in [0.3, 0.4) is 0 Å². The van der Waals surface area contributed by atoms with Gasteiger partial charge in [0.25, 0.3) is 0 Å². The third-order valence-corrected chi connectivity index (χ3v) is 3.28. The Labute approximate surface area is 102 Å². The van der Waals surface area contributed by atoms with Crippen molar-refractivity contribution in [1.29, 1.82) is 0 Å². The Morgan fingerprint density at radius 3 is 2.75 bits per heavy atom. The quantitative estimate of drug-likeness (QED) is 0.748. The van der Waals surface area contributed by atoms with Crippen LogP contribution in [0, 0.1) is 5.92 Å². The van der Waals surface area contributed by atoms with Crippen molar-refractivity contribution in [2.75, 3.05) is 6.61 Å². The maximum absolute atomic E-state index is 5.72. The third-order valence-electron chi connectivity index (χ3n) is 2.18. The topological polar surface area (TPSA) is 48.1 Å². The number of aromatic nitrogens is 1. The number of hydrogen-bond donors (Lipinski definition) is 1. The molecule has 0 unspecified atom stereocenters. The van der Waals surface area contributed by atoms with Gasteiger partial charge in [-0.05, 0) is 18.8 Å². The van der Waals surface area contributed by atoms with E-state index in [4.69, 9.17) is 10.5 Å². The van der Waals surface area contributed by atoms with E-state index in [1.165, 1.54) is 4.88 Å². The highest BCUT2D eigenvalue weighted by atomic mass is 32.1. The molecular weight excluding hydrogens is 220 g/mol. The molecule has 16 heavy (non-hydrogen) atoms. The molecule has 3 nitrogen and oxygen atoms in total. The molecule has 0 aliphatic heterocycles. The van der Waals surface area contributed by atoms with E-state index >= 15 is 0 Å². The molecular formula is C12H22N2OS. The molecule has 1 rings (SSSR count). The maximum atomic E-state index is 5.72. The van der Waals surface area contributed by atoms with Crippen LogP contribution in [0.2, 0.25) is 0 Å². The van der Waals surface area contributed by atoms with Gasteiger partial charge in [-0.2, -0.15) is 0 Å². The molecule has 0 saturated heterocycles. The van der Waals surface area contributed by atoms with Gasteiger partial charge < -0.3 is 10.5 Å². The molecule has 0 saturated carbocycles. The molecule has 1 heterocycles. The largest absolute Gasteiger partial charge is 0.374 e. The zero-order valence-corrected chi connectivity index (χ0v) is 11.3. The molecule has 0 bridgehead atoms. The van der Waals surface area contributed by atoms with Crippen LogP contribution in [0.1, 0.15) is 42.8 Å². The van der Waals surface area contributed by atoms with Gasteiger partial charge in [0.2, 0.25) is 0 Å². The SMILES string of the molecule is CCCOCc1nc(CC(C)C)c(CN)s1. The van der Waals surface area contributed by atoms with Crippen molar-refractivity contribution < 1.29 is 4.74 Å². The summed E-state index contributed by atoms with van der Waals surface area (Å²) in [6.07, 6.45) is 2.06. The number of nitrogens with zero attached hydrogens (tertiary/aromatic N) is 1. The first-order valence-corrected chi connectivity index (χ1v) is 6.74. The monoisotopic (exact) mass is 242 g/mol. The molecule has 0 fully saturated rings. The van der Waals surface area contributed by atoms with Crippen LogP contribution in [0.25, 0.3) is 0 Å². The van der Waals surface area contributed by atoms with Crippen LogP contribution >= 0.6 is 11.3 Å². The fraction of sp³-hybridized carbons (Fsp3) is 0.750. The summed E-state index contributed by atoms with van der Waals surface area (Å²) in [6, 6.07) is 0. The lowest BCUT2D eigenvalue weighted by Gasteiger charge is -2.02. The van der Waals surface area contributed by atoms with Gasteiger partial charge in [-0.25, -0.2) is 4.98 Å². The van der Waals surface area contributed by atoms with Gasteiger partial charge in [0.1, 0.15) is 5.01 Å². The standard InChI is InChI=1S/C12H22N2OS/c1-4-5-15-8-12-14-10(6-9(2)3)11(7-13)16-12/h9H,4-8,13H2,1-3H3. The summed E-state index contributed by atoms with van der Waals surface area (Å²) < 4.78 is 5.49. The Hall–Kier alpha value is -0.450. The van der Waals surface area contributed by atoms with Crippen molar-refractivity contribution in [2.24, 2.45) is 11.7 Å². The Bertz CT molecular complexity index is 310.